The van der Waals surface area contributed by atoms with E-state index in [0.717, 1.165) is 16.4 Å². The second kappa shape index (κ2) is 6.49. The van der Waals surface area contributed by atoms with Crippen molar-refractivity contribution in [1.82, 2.24) is 15.0 Å². The Morgan fingerprint density at radius 3 is 2.80 bits per heavy atom. The van der Waals surface area contributed by atoms with Gasteiger partial charge in [-0.2, -0.15) is 0 Å². The molecule has 0 bridgehead atoms. The Morgan fingerprint density at radius 1 is 1.35 bits per heavy atom. The van der Waals surface area contributed by atoms with E-state index < -0.39 is 10.0 Å². The van der Waals surface area contributed by atoms with Crippen molar-refractivity contribution in [2.45, 2.75) is 32.0 Å². The van der Waals surface area contributed by atoms with Crippen molar-refractivity contribution in [2.75, 3.05) is 6.54 Å². The summed E-state index contributed by atoms with van der Waals surface area (Å²) in [6, 6.07) is 3.13. The average Bonchev–Trinajstić information content (AvgIpc) is 3.03. The maximum absolute atomic E-state index is 12.1. The van der Waals surface area contributed by atoms with Gasteiger partial charge in [0.25, 0.3) is 10.0 Å². The van der Waals surface area contributed by atoms with Gasteiger partial charge in [-0.1, -0.05) is 6.92 Å². The van der Waals surface area contributed by atoms with Crippen LogP contribution in [0.15, 0.2) is 27.8 Å². The van der Waals surface area contributed by atoms with E-state index in [2.05, 4.69) is 15.0 Å². The molecule has 20 heavy (non-hydrogen) atoms. The standard InChI is InChI=1S/C12H17N3O3S2/c1-3-13-6-10-4-5-12(18-10)20(16,17)15-8-11-7-14-9(2)19-11/h4-5,7,13,15H,3,6,8H2,1-2H3. The first-order valence-electron chi connectivity index (χ1n) is 6.21. The number of aryl methyl sites for hydroxylation is 1. The van der Waals surface area contributed by atoms with Crippen LogP contribution in [-0.2, 0) is 23.1 Å². The summed E-state index contributed by atoms with van der Waals surface area (Å²) in [5.74, 6) is 0.598. The predicted octanol–water partition coefficient (Wildman–Crippen LogP) is 1.63. The fraction of sp³-hybridized carbons (Fsp3) is 0.417. The molecule has 0 saturated carbocycles. The van der Waals surface area contributed by atoms with Crippen LogP contribution in [0.2, 0.25) is 0 Å². The number of hydrogen-bond acceptors (Lipinski definition) is 6. The van der Waals surface area contributed by atoms with Gasteiger partial charge < -0.3 is 9.73 Å². The van der Waals surface area contributed by atoms with Gasteiger partial charge >= 0.3 is 0 Å². The van der Waals surface area contributed by atoms with Gasteiger partial charge in [0.2, 0.25) is 5.09 Å². The monoisotopic (exact) mass is 315 g/mol. The Kier molecular flexibility index (Phi) is 4.92. The van der Waals surface area contributed by atoms with Crippen LogP contribution in [-0.4, -0.2) is 19.9 Å². The second-order valence-electron chi connectivity index (χ2n) is 4.17. The highest BCUT2D eigenvalue weighted by Gasteiger charge is 2.18. The Balaban J connectivity index is 2.00. The van der Waals surface area contributed by atoms with Crippen molar-refractivity contribution in [3.63, 3.8) is 0 Å². The summed E-state index contributed by atoms with van der Waals surface area (Å²) >= 11 is 1.46. The molecule has 0 aliphatic rings. The molecule has 0 atom stereocenters. The fourth-order valence-electron chi connectivity index (χ4n) is 1.57. The summed E-state index contributed by atoms with van der Waals surface area (Å²) in [5, 5.41) is 3.92. The van der Waals surface area contributed by atoms with Crippen molar-refractivity contribution in [2.24, 2.45) is 0 Å². The fourth-order valence-corrected chi connectivity index (χ4v) is 3.35. The largest absolute Gasteiger partial charge is 0.447 e. The minimum absolute atomic E-state index is 0.0633. The van der Waals surface area contributed by atoms with Crippen LogP contribution in [0.4, 0.5) is 0 Å². The number of nitrogens with one attached hydrogen (secondary N) is 2. The first-order chi connectivity index (χ1) is 9.51. The van der Waals surface area contributed by atoms with Gasteiger partial charge in [0.1, 0.15) is 5.76 Å². The lowest BCUT2D eigenvalue weighted by molar-refractivity contribution is 0.401. The van der Waals surface area contributed by atoms with E-state index >= 15 is 0 Å². The molecule has 110 valence electrons. The van der Waals surface area contributed by atoms with E-state index in [9.17, 15) is 8.42 Å². The smallest absolute Gasteiger partial charge is 0.274 e. The number of furan rings is 1. The summed E-state index contributed by atoms with van der Waals surface area (Å²) in [6.45, 7) is 5.38. The number of sulfonamides is 1. The van der Waals surface area contributed by atoms with Gasteiger partial charge in [-0.3, -0.25) is 0 Å². The van der Waals surface area contributed by atoms with Crippen molar-refractivity contribution >= 4 is 21.4 Å². The van der Waals surface area contributed by atoms with E-state index in [0.29, 0.717) is 12.3 Å². The molecule has 2 heterocycles. The van der Waals surface area contributed by atoms with Crippen molar-refractivity contribution < 1.29 is 12.8 Å². The van der Waals surface area contributed by atoms with Crippen LogP contribution in [0.5, 0.6) is 0 Å². The molecule has 8 heteroatoms. The lowest BCUT2D eigenvalue weighted by atomic mass is 10.4. The Hall–Kier alpha value is -1.22. The van der Waals surface area contributed by atoms with Crippen LogP contribution in [0.1, 0.15) is 22.6 Å². The summed E-state index contributed by atoms with van der Waals surface area (Å²) in [7, 11) is -3.62. The molecule has 0 amide bonds. The lowest BCUT2D eigenvalue weighted by Crippen LogP contribution is -2.22. The number of thiazole rings is 1. The lowest BCUT2D eigenvalue weighted by Gasteiger charge is -2.02. The molecule has 0 aliphatic heterocycles. The van der Waals surface area contributed by atoms with E-state index in [1.165, 1.54) is 17.4 Å². The van der Waals surface area contributed by atoms with Gasteiger partial charge in [0, 0.05) is 17.6 Å². The summed E-state index contributed by atoms with van der Waals surface area (Å²) < 4.78 is 31.9. The zero-order chi connectivity index (χ0) is 14.6. The highest BCUT2D eigenvalue weighted by Crippen LogP contribution is 2.16. The molecule has 2 N–H and O–H groups in total. The third kappa shape index (κ3) is 3.89. The molecule has 0 unspecified atom stereocenters. The molecule has 0 saturated heterocycles. The number of hydrogen-bond donors (Lipinski definition) is 2. The normalized spacial score (nSPS) is 11.9. The molecule has 2 rings (SSSR count). The topological polar surface area (TPSA) is 84.2 Å². The van der Waals surface area contributed by atoms with Gasteiger partial charge in [-0.15, -0.1) is 11.3 Å². The van der Waals surface area contributed by atoms with E-state index in [1.54, 1.807) is 12.3 Å². The van der Waals surface area contributed by atoms with Crippen molar-refractivity contribution in [1.29, 1.82) is 0 Å². The maximum atomic E-state index is 12.1. The van der Waals surface area contributed by atoms with Crippen LogP contribution < -0.4 is 10.0 Å². The SMILES string of the molecule is CCNCc1ccc(S(=O)(=O)NCc2cnc(C)s2)o1. The Bertz CT molecular complexity index is 661. The molecule has 0 fully saturated rings. The van der Waals surface area contributed by atoms with Crippen LogP contribution in [0.3, 0.4) is 0 Å². The van der Waals surface area contributed by atoms with Crippen molar-refractivity contribution in [3.05, 3.63) is 34.0 Å². The maximum Gasteiger partial charge on any atom is 0.274 e. The molecular weight excluding hydrogens is 298 g/mol. The first kappa shape index (κ1) is 15.2. The van der Waals surface area contributed by atoms with Gasteiger partial charge in [-0.25, -0.2) is 18.1 Å². The molecule has 0 spiro atoms. The van der Waals surface area contributed by atoms with E-state index in [4.69, 9.17) is 4.42 Å². The van der Waals surface area contributed by atoms with Gasteiger partial charge in [-0.05, 0) is 25.6 Å². The minimum Gasteiger partial charge on any atom is -0.447 e. The van der Waals surface area contributed by atoms with Gasteiger partial charge in [0.05, 0.1) is 11.6 Å². The number of nitrogens with zero attached hydrogens (tertiary/aromatic N) is 1. The third-order valence-electron chi connectivity index (χ3n) is 2.56. The zero-order valence-corrected chi connectivity index (χ0v) is 13.0. The van der Waals surface area contributed by atoms with Gasteiger partial charge in [0.15, 0.2) is 0 Å². The van der Waals surface area contributed by atoms with Crippen LogP contribution in [0.25, 0.3) is 0 Å². The van der Waals surface area contributed by atoms with E-state index in [1.807, 2.05) is 13.8 Å². The molecule has 2 aromatic heterocycles. The Morgan fingerprint density at radius 2 is 2.15 bits per heavy atom. The molecule has 0 aromatic carbocycles. The highest BCUT2D eigenvalue weighted by molar-refractivity contribution is 7.89. The molecule has 2 aromatic rings. The second-order valence-corrected chi connectivity index (χ2v) is 7.19. The molecule has 0 radical (unpaired) electrons. The summed E-state index contributed by atoms with van der Waals surface area (Å²) in [6.07, 6.45) is 1.67. The summed E-state index contributed by atoms with van der Waals surface area (Å²) in [5.41, 5.74) is 0. The summed E-state index contributed by atoms with van der Waals surface area (Å²) in [4.78, 5) is 4.95. The first-order valence-corrected chi connectivity index (χ1v) is 8.51. The van der Waals surface area contributed by atoms with Crippen molar-refractivity contribution in [3.8, 4) is 0 Å². The van der Waals surface area contributed by atoms with E-state index in [-0.39, 0.29) is 11.6 Å². The molecule has 6 nitrogen and oxygen atoms in total. The molecule has 0 aliphatic carbocycles. The van der Waals surface area contributed by atoms with Crippen LogP contribution in [0, 0.1) is 6.92 Å². The minimum atomic E-state index is -3.62. The number of rotatable bonds is 7. The Labute approximate surface area is 122 Å². The molecular formula is C12H17N3O3S2. The third-order valence-corrected chi connectivity index (χ3v) is 4.74. The zero-order valence-electron chi connectivity index (χ0n) is 11.3. The highest BCUT2D eigenvalue weighted by atomic mass is 32.2. The number of aromatic nitrogens is 1. The van der Waals surface area contributed by atoms with Crippen LogP contribution >= 0.6 is 11.3 Å². The predicted molar refractivity (Wildman–Crippen MR) is 77.0 cm³/mol. The average molecular weight is 315 g/mol. The quantitative estimate of drug-likeness (QED) is 0.811.